The number of epoxide rings is 1. The molecule has 0 amide bonds. The van der Waals surface area contributed by atoms with Gasteiger partial charge in [-0.25, -0.2) is 0 Å². The van der Waals surface area contributed by atoms with E-state index in [4.69, 9.17) is 14.2 Å². The highest BCUT2D eigenvalue weighted by molar-refractivity contribution is 6.87. The molecule has 1 aliphatic heterocycles. The summed E-state index contributed by atoms with van der Waals surface area (Å²) in [5.41, 5.74) is 3.50. The van der Waals surface area contributed by atoms with Crippen molar-refractivity contribution in [3.8, 4) is 23.0 Å². The lowest BCUT2D eigenvalue weighted by molar-refractivity contribution is 0.109. The molecule has 4 nitrogen and oxygen atoms in total. The van der Waals surface area contributed by atoms with Crippen LogP contribution in [0.4, 0.5) is 0 Å². The minimum absolute atomic E-state index is 0.203. The number of aliphatic hydroxyl groups is 1. The van der Waals surface area contributed by atoms with Gasteiger partial charge in [0, 0.05) is 6.42 Å². The molecule has 0 radical (unpaired) electrons. The zero-order valence-electron chi connectivity index (χ0n) is 15.6. The summed E-state index contributed by atoms with van der Waals surface area (Å²) < 4.78 is 16.6. The number of hydrogen-bond donors (Lipinski definition) is 1. The second kappa shape index (κ2) is 9.86. The van der Waals surface area contributed by atoms with Crippen molar-refractivity contribution in [1.29, 1.82) is 0 Å². The van der Waals surface area contributed by atoms with Crippen LogP contribution < -0.4 is 9.47 Å². The van der Waals surface area contributed by atoms with E-state index in [1.807, 2.05) is 24.3 Å². The lowest BCUT2D eigenvalue weighted by Crippen LogP contribution is -2.29. The lowest BCUT2D eigenvalue weighted by atomic mass is 10.3. The minimum atomic E-state index is -1.44. The van der Waals surface area contributed by atoms with Gasteiger partial charge in [0.2, 0.25) is 0 Å². The van der Waals surface area contributed by atoms with Crippen molar-refractivity contribution in [3.05, 3.63) is 24.3 Å². The molecule has 1 fully saturated rings. The average Bonchev–Trinajstić information content (AvgIpc) is 3.47. The molecule has 1 heterocycles. The predicted molar refractivity (Wildman–Crippen MR) is 103 cm³/mol. The molecule has 138 valence electrons. The summed E-state index contributed by atoms with van der Waals surface area (Å²) in [7, 11) is -1.44. The topological polar surface area (TPSA) is 51.2 Å². The molecule has 0 saturated carbocycles. The van der Waals surface area contributed by atoms with Gasteiger partial charge in [-0.1, -0.05) is 32.9 Å². The van der Waals surface area contributed by atoms with Crippen LogP contribution in [0.5, 0.6) is 11.5 Å². The van der Waals surface area contributed by atoms with Gasteiger partial charge < -0.3 is 19.3 Å². The monoisotopic (exact) mass is 362 g/mol. The van der Waals surface area contributed by atoms with Crippen LogP contribution in [0, 0.1) is 11.5 Å². The Kier molecular flexibility index (Phi) is 7.82. The molecule has 0 aromatic heterocycles. The van der Waals surface area contributed by atoms with Crippen molar-refractivity contribution in [1.82, 2.24) is 0 Å². The fraction of sp³-hybridized carbons (Fsp3) is 0.600. The highest BCUT2D eigenvalue weighted by Gasteiger charge is 2.24. The summed E-state index contributed by atoms with van der Waals surface area (Å²) in [4.78, 5) is 0. The van der Waals surface area contributed by atoms with Gasteiger partial charge in [-0.3, -0.25) is 0 Å². The molecule has 0 unspecified atom stereocenters. The normalized spacial score (nSPS) is 17.4. The van der Waals surface area contributed by atoms with E-state index in [1.54, 1.807) is 0 Å². The van der Waals surface area contributed by atoms with Crippen LogP contribution in [0.1, 0.15) is 27.2 Å². The second-order valence-electron chi connectivity index (χ2n) is 6.52. The van der Waals surface area contributed by atoms with Gasteiger partial charge in [0.1, 0.15) is 27.4 Å². The molecular weight excluding hydrogens is 332 g/mol. The largest absolute Gasteiger partial charge is 0.487 e. The molecule has 25 heavy (non-hydrogen) atoms. The fourth-order valence-electron chi connectivity index (χ4n) is 2.65. The first-order valence-electron chi connectivity index (χ1n) is 9.26. The average molecular weight is 363 g/mol. The molecule has 0 bridgehead atoms. The Morgan fingerprint density at radius 3 is 2.32 bits per heavy atom. The van der Waals surface area contributed by atoms with Crippen LogP contribution >= 0.6 is 0 Å². The standard InChI is InChI=1S/C20H30O4Si/c1-4-25(5-2,6-3)13-9-10-17(21)14-23-19-11-7-8-12-20(19)24-16-18-15-22-18/h7-8,11-12,17-18,21H,4-6,10,14-16H2,1-3H3/t17-,18+/m0/s1. The molecule has 1 aromatic rings. The van der Waals surface area contributed by atoms with E-state index in [1.165, 1.54) is 18.1 Å². The van der Waals surface area contributed by atoms with Crippen LogP contribution in [0.25, 0.3) is 0 Å². The van der Waals surface area contributed by atoms with Gasteiger partial charge in [0.05, 0.1) is 12.7 Å². The molecule has 2 rings (SSSR count). The van der Waals surface area contributed by atoms with E-state index in [9.17, 15) is 5.11 Å². The van der Waals surface area contributed by atoms with Gasteiger partial charge in [0.25, 0.3) is 0 Å². The van der Waals surface area contributed by atoms with Crippen LogP contribution in [0.2, 0.25) is 18.1 Å². The lowest BCUT2D eigenvalue weighted by Gasteiger charge is -2.20. The van der Waals surface area contributed by atoms with Gasteiger partial charge in [-0.2, -0.15) is 0 Å². The Bertz CT molecular complexity index is 577. The van der Waals surface area contributed by atoms with Crippen LogP contribution in [0.15, 0.2) is 24.3 Å². The zero-order valence-corrected chi connectivity index (χ0v) is 16.6. The summed E-state index contributed by atoms with van der Waals surface area (Å²) in [5.74, 6) is 4.55. The third-order valence-electron chi connectivity index (χ3n) is 4.83. The molecule has 1 aliphatic rings. The van der Waals surface area contributed by atoms with E-state index in [0.29, 0.717) is 24.5 Å². The minimum Gasteiger partial charge on any atom is -0.487 e. The number of para-hydroxylation sites is 2. The van der Waals surface area contributed by atoms with Gasteiger partial charge >= 0.3 is 0 Å². The van der Waals surface area contributed by atoms with Crippen molar-refractivity contribution in [3.63, 3.8) is 0 Å². The van der Waals surface area contributed by atoms with E-state index < -0.39 is 14.2 Å². The SMILES string of the molecule is CC[Si](C#CC[C@H](O)COc1ccccc1OC[C@H]1CO1)(CC)CC. The number of rotatable bonds is 10. The third kappa shape index (κ3) is 6.39. The molecule has 1 aromatic carbocycles. The molecule has 1 saturated heterocycles. The number of benzene rings is 1. The van der Waals surface area contributed by atoms with Crippen molar-refractivity contribution in [2.75, 3.05) is 19.8 Å². The zero-order chi connectivity index (χ0) is 18.1. The molecule has 1 N–H and O–H groups in total. The Morgan fingerprint density at radius 1 is 1.16 bits per heavy atom. The predicted octanol–water partition coefficient (Wildman–Crippen LogP) is 3.65. The van der Waals surface area contributed by atoms with Crippen LogP contribution in [0.3, 0.4) is 0 Å². The van der Waals surface area contributed by atoms with Crippen molar-refractivity contribution < 1.29 is 19.3 Å². The Labute approximate surface area is 152 Å². The van der Waals surface area contributed by atoms with E-state index >= 15 is 0 Å². The van der Waals surface area contributed by atoms with E-state index in [0.717, 1.165) is 6.61 Å². The summed E-state index contributed by atoms with van der Waals surface area (Å²) >= 11 is 0. The molecular formula is C20H30O4Si. The van der Waals surface area contributed by atoms with Crippen molar-refractivity contribution in [2.24, 2.45) is 0 Å². The first kappa shape index (κ1) is 19.8. The van der Waals surface area contributed by atoms with Gasteiger partial charge in [0.15, 0.2) is 11.5 Å². The Morgan fingerprint density at radius 2 is 1.76 bits per heavy atom. The molecule has 0 spiro atoms. The summed E-state index contributed by atoms with van der Waals surface area (Å²) in [6, 6.07) is 11.0. The fourth-order valence-corrected chi connectivity index (χ4v) is 5.16. The summed E-state index contributed by atoms with van der Waals surface area (Å²) in [6.45, 7) is 8.21. The summed E-state index contributed by atoms with van der Waals surface area (Å²) in [5, 5.41) is 10.2. The third-order valence-corrected chi connectivity index (χ3v) is 9.60. The first-order valence-corrected chi connectivity index (χ1v) is 11.9. The Hall–Kier alpha value is -1.48. The van der Waals surface area contributed by atoms with Gasteiger partial charge in [-0.15, -0.1) is 11.5 Å². The van der Waals surface area contributed by atoms with Gasteiger partial charge in [-0.05, 0) is 30.3 Å². The molecule has 2 atom stereocenters. The number of ether oxygens (including phenoxy) is 3. The van der Waals surface area contributed by atoms with Crippen LogP contribution in [-0.4, -0.2) is 45.2 Å². The highest BCUT2D eigenvalue weighted by Crippen LogP contribution is 2.27. The Balaban J connectivity index is 1.82. The van der Waals surface area contributed by atoms with E-state index in [2.05, 4.69) is 32.2 Å². The molecule has 0 aliphatic carbocycles. The maximum absolute atomic E-state index is 10.2. The summed E-state index contributed by atoms with van der Waals surface area (Å²) in [6.07, 6.45) is 0.0619. The van der Waals surface area contributed by atoms with Crippen LogP contribution in [-0.2, 0) is 4.74 Å². The number of hydrogen-bond acceptors (Lipinski definition) is 4. The maximum Gasteiger partial charge on any atom is 0.161 e. The smallest absolute Gasteiger partial charge is 0.161 e. The van der Waals surface area contributed by atoms with Crippen molar-refractivity contribution in [2.45, 2.75) is 57.5 Å². The van der Waals surface area contributed by atoms with E-state index in [-0.39, 0.29) is 12.7 Å². The second-order valence-corrected chi connectivity index (χ2v) is 11.5. The molecule has 5 heteroatoms. The van der Waals surface area contributed by atoms with Crippen molar-refractivity contribution >= 4 is 8.07 Å². The quantitative estimate of drug-likeness (QED) is 0.392. The maximum atomic E-state index is 10.2. The number of aliphatic hydroxyl groups excluding tert-OH is 1. The highest BCUT2D eigenvalue weighted by atomic mass is 28.3. The first-order chi connectivity index (χ1) is 12.1.